The van der Waals surface area contributed by atoms with Crippen LogP contribution in [0.5, 0.6) is 0 Å². The maximum absolute atomic E-state index is 14.5. The van der Waals surface area contributed by atoms with Crippen molar-refractivity contribution in [1.82, 2.24) is 26.2 Å². The number of rotatable bonds is 12. The number of piperidine rings is 1. The van der Waals surface area contributed by atoms with Crippen LogP contribution in [0.3, 0.4) is 0 Å². The zero-order valence-corrected chi connectivity index (χ0v) is 31.5. The summed E-state index contributed by atoms with van der Waals surface area (Å²) in [5.74, 6) is -4.05. The molecule has 0 aromatic heterocycles. The van der Waals surface area contributed by atoms with Gasteiger partial charge in [-0.15, -0.1) is 6.58 Å². The normalized spacial score (nSPS) is 25.5. The molecule has 5 amide bonds. The number of hydrogen-bond acceptors (Lipinski definition) is 7. The summed E-state index contributed by atoms with van der Waals surface area (Å²) in [7, 11) is -3.43. The molecule has 0 bridgehead atoms. The molecular formula is C35H56F3N5O7S. The van der Waals surface area contributed by atoms with Gasteiger partial charge in [0.15, 0.2) is 9.84 Å². The molecule has 2 heterocycles. The van der Waals surface area contributed by atoms with Gasteiger partial charge in [0.05, 0.1) is 22.6 Å². The summed E-state index contributed by atoms with van der Waals surface area (Å²) in [6.07, 6.45) is -1.31. The molecule has 3 unspecified atom stereocenters. The van der Waals surface area contributed by atoms with E-state index in [1.165, 1.54) is 11.0 Å². The van der Waals surface area contributed by atoms with Gasteiger partial charge in [-0.2, -0.15) is 13.2 Å². The molecule has 2 saturated heterocycles. The van der Waals surface area contributed by atoms with Gasteiger partial charge >= 0.3 is 12.2 Å². The Morgan fingerprint density at radius 2 is 1.63 bits per heavy atom. The Bertz CT molecular complexity index is 1440. The Labute approximate surface area is 299 Å². The topological polar surface area (TPSA) is 171 Å². The first-order valence-electron chi connectivity index (χ1n) is 17.8. The minimum Gasteiger partial charge on any atom is -0.346 e. The largest absolute Gasteiger partial charge is 0.389 e. The Morgan fingerprint density at radius 3 is 2.16 bits per heavy atom. The molecule has 2 aliphatic heterocycles. The van der Waals surface area contributed by atoms with Crippen LogP contribution < -0.4 is 21.3 Å². The SMILES string of the molecule is C=CCNC(=O)C(=O)C(CCC(F)(F)F)NC(=O)[C@@H]1CC(C)(C)C(C)CN1C(=O)[C@@H](NC(=O)NC1(C2CCCS2(=O)=O)CCCCC1)C(C)(C)C. The molecule has 0 radical (unpaired) electrons. The second kappa shape index (κ2) is 16.2. The van der Waals surface area contributed by atoms with Crippen molar-refractivity contribution in [3.05, 3.63) is 12.7 Å². The molecule has 3 aliphatic rings. The molecule has 12 nitrogen and oxygen atoms in total. The molecule has 0 spiro atoms. The maximum Gasteiger partial charge on any atom is 0.389 e. The minimum atomic E-state index is -4.67. The van der Waals surface area contributed by atoms with Crippen molar-refractivity contribution in [3.63, 3.8) is 0 Å². The molecule has 0 aromatic rings. The van der Waals surface area contributed by atoms with E-state index in [0.717, 1.165) is 19.3 Å². The van der Waals surface area contributed by atoms with E-state index in [9.17, 15) is 45.6 Å². The fourth-order valence-corrected chi connectivity index (χ4v) is 9.90. The van der Waals surface area contributed by atoms with Crippen molar-refractivity contribution in [2.24, 2.45) is 16.7 Å². The third kappa shape index (κ3) is 10.7. The fourth-order valence-electron chi connectivity index (χ4n) is 7.54. The summed E-state index contributed by atoms with van der Waals surface area (Å²) in [4.78, 5) is 68.9. The summed E-state index contributed by atoms with van der Waals surface area (Å²) in [6.45, 7) is 14.2. The molecule has 16 heteroatoms. The van der Waals surface area contributed by atoms with Crippen LogP contribution in [0.15, 0.2) is 12.7 Å². The number of nitrogens with zero attached hydrogens (tertiary/aromatic N) is 1. The first kappa shape index (κ1) is 42.2. The number of carbonyl (C=O) groups excluding carboxylic acids is 5. The smallest absolute Gasteiger partial charge is 0.346 e. The van der Waals surface area contributed by atoms with E-state index in [2.05, 4.69) is 27.8 Å². The zero-order chi connectivity index (χ0) is 38.6. The van der Waals surface area contributed by atoms with Gasteiger partial charge in [0.1, 0.15) is 12.1 Å². The van der Waals surface area contributed by atoms with Crippen molar-refractivity contribution in [2.75, 3.05) is 18.8 Å². The number of nitrogens with one attached hydrogen (secondary N) is 4. The van der Waals surface area contributed by atoms with Crippen LogP contribution in [0.25, 0.3) is 0 Å². The Hall–Kier alpha value is -3.17. The van der Waals surface area contributed by atoms with Crippen molar-refractivity contribution in [1.29, 1.82) is 0 Å². The molecule has 1 saturated carbocycles. The standard InChI is InChI=1S/C35H56F3N5O7S/c1-8-18-39-29(46)26(44)23(14-17-35(36,37)38)40-28(45)24-20-33(6,7)22(2)21-43(24)30(47)27(32(3,4)5)41-31(48)42-34(15-10-9-11-16-34)25-13-12-19-51(25,49)50/h8,22-25,27H,1,9-21H2,2-7H3,(H,39,46)(H,40,45)(H2,41,42,48)/t22?,23?,24-,25?,27+/m0/s1. The van der Waals surface area contributed by atoms with Crippen LogP contribution >= 0.6 is 0 Å². The van der Waals surface area contributed by atoms with Gasteiger partial charge in [0.25, 0.3) is 5.91 Å². The number of Topliss-reactive ketones (excluding diaryl/α,β-unsaturated/α-hetero) is 1. The van der Waals surface area contributed by atoms with Crippen molar-refractivity contribution < 1.29 is 45.6 Å². The second-order valence-corrected chi connectivity index (χ2v) is 18.6. The summed E-state index contributed by atoms with van der Waals surface area (Å²) in [5, 5.41) is 9.62. The predicted molar refractivity (Wildman–Crippen MR) is 186 cm³/mol. The number of urea groups is 1. The lowest BCUT2D eigenvalue weighted by molar-refractivity contribution is -0.152. The van der Waals surface area contributed by atoms with Crippen LogP contribution in [0, 0.1) is 16.7 Å². The lowest BCUT2D eigenvalue weighted by Gasteiger charge is -2.49. The molecule has 1 aliphatic carbocycles. The highest BCUT2D eigenvalue weighted by Crippen LogP contribution is 2.41. The van der Waals surface area contributed by atoms with Gasteiger partial charge in [-0.1, -0.05) is 66.9 Å². The number of carbonyl (C=O) groups is 5. The van der Waals surface area contributed by atoms with E-state index in [-0.39, 0.29) is 31.2 Å². The van der Waals surface area contributed by atoms with E-state index in [0.29, 0.717) is 25.7 Å². The number of halogens is 3. The molecule has 4 N–H and O–H groups in total. The molecule has 5 atom stereocenters. The highest BCUT2D eigenvalue weighted by Gasteiger charge is 2.51. The van der Waals surface area contributed by atoms with Crippen LogP contribution in [0.1, 0.15) is 106 Å². The number of amides is 5. The van der Waals surface area contributed by atoms with Gasteiger partial charge in [0.2, 0.25) is 17.6 Å². The summed E-state index contributed by atoms with van der Waals surface area (Å²) in [6, 6.07) is -4.97. The van der Waals surface area contributed by atoms with E-state index in [1.54, 1.807) is 20.8 Å². The Morgan fingerprint density at radius 1 is 1.00 bits per heavy atom. The summed E-state index contributed by atoms with van der Waals surface area (Å²) in [5.41, 5.74) is -2.40. The zero-order valence-electron chi connectivity index (χ0n) is 30.7. The number of alkyl halides is 3. The van der Waals surface area contributed by atoms with Crippen LogP contribution in [-0.4, -0.2) is 96.8 Å². The van der Waals surface area contributed by atoms with Gasteiger partial charge in [-0.25, -0.2) is 13.2 Å². The van der Waals surface area contributed by atoms with E-state index >= 15 is 0 Å². The molecule has 3 fully saturated rings. The molecule has 51 heavy (non-hydrogen) atoms. The van der Waals surface area contributed by atoms with Gasteiger partial charge in [-0.05, 0) is 55.3 Å². The van der Waals surface area contributed by atoms with Crippen molar-refractivity contribution in [2.45, 2.75) is 141 Å². The average molecular weight is 748 g/mol. The fraction of sp³-hybridized carbons (Fsp3) is 0.800. The van der Waals surface area contributed by atoms with Gasteiger partial charge < -0.3 is 26.2 Å². The van der Waals surface area contributed by atoms with Crippen LogP contribution in [0.2, 0.25) is 0 Å². The maximum atomic E-state index is 14.5. The molecule has 290 valence electrons. The van der Waals surface area contributed by atoms with E-state index in [4.69, 9.17) is 0 Å². The first-order chi connectivity index (χ1) is 23.4. The van der Waals surface area contributed by atoms with Gasteiger partial charge in [0, 0.05) is 19.5 Å². The van der Waals surface area contributed by atoms with E-state index in [1.807, 2.05) is 20.8 Å². The molecular weight excluding hydrogens is 691 g/mol. The lowest BCUT2D eigenvalue weighted by atomic mass is 9.71. The van der Waals surface area contributed by atoms with Crippen LogP contribution in [0.4, 0.5) is 18.0 Å². The number of sulfone groups is 1. The summed E-state index contributed by atoms with van der Waals surface area (Å²) < 4.78 is 65.8. The minimum absolute atomic E-state index is 0.0565. The van der Waals surface area contributed by atoms with E-state index < -0.39 is 98.1 Å². The lowest BCUT2D eigenvalue weighted by Crippen LogP contribution is -2.67. The third-order valence-corrected chi connectivity index (χ3v) is 13.3. The molecule has 3 rings (SSSR count). The Kier molecular flexibility index (Phi) is 13.5. The van der Waals surface area contributed by atoms with Gasteiger partial charge in [-0.3, -0.25) is 19.2 Å². The monoisotopic (exact) mass is 747 g/mol. The number of hydrogen-bond donors (Lipinski definition) is 4. The number of likely N-dealkylation sites (tertiary alicyclic amines) is 1. The summed E-state index contributed by atoms with van der Waals surface area (Å²) >= 11 is 0. The third-order valence-electron chi connectivity index (χ3n) is 10.9. The molecule has 0 aromatic carbocycles. The van der Waals surface area contributed by atoms with Crippen molar-refractivity contribution >= 4 is 39.4 Å². The first-order valence-corrected chi connectivity index (χ1v) is 19.6. The second-order valence-electron chi connectivity index (χ2n) is 16.3. The highest BCUT2D eigenvalue weighted by atomic mass is 32.2. The Balaban J connectivity index is 1.92. The quantitative estimate of drug-likeness (QED) is 0.173. The average Bonchev–Trinajstić information content (AvgIpc) is 3.39. The number of ketones is 1. The highest BCUT2D eigenvalue weighted by molar-refractivity contribution is 7.92. The van der Waals surface area contributed by atoms with Crippen LogP contribution in [-0.2, 0) is 29.0 Å². The predicted octanol–water partition coefficient (Wildman–Crippen LogP) is 3.94. The van der Waals surface area contributed by atoms with Crippen molar-refractivity contribution in [3.8, 4) is 0 Å².